The minimum absolute atomic E-state index is 0.142. The normalized spacial score (nSPS) is 12.4. The molecule has 1 atom stereocenters. The number of benzene rings is 2. The molecule has 0 heterocycles. The van der Waals surface area contributed by atoms with Crippen molar-refractivity contribution in [3.05, 3.63) is 78.4 Å². The van der Waals surface area contributed by atoms with Crippen molar-refractivity contribution in [1.29, 1.82) is 0 Å². The second-order valence-corrected chi connectivity index (χ2v) is 7.09. The number of carbonyl (C=O) groups is 2. The van der Waals surface area contributed by atoms with E-state index in [9.17, 15) is 14.7 Å². The van der Waals surface area contributed by atoms with Crippen LogP contribution in [0, 0.1) is 0 Å². The van der Waals surface area contributed by atoms with Crippen molar-refractivity contribution in [2.75, 3.05) is 20.3 Å². The van der Waals surface area contributed by atoms with Crippen LogP contribution in [0.4, 0.5) is 0 Å². The Morgan fingerprint density at radius 1 is 1.03 bits per heavy atom. The van der Waals surface area contributed by atoms with Crippen LogP contribution in [0.2, 0.25) is 0 Å². The molecule has 0 aliphatic carbocycles. The number of hydrogen-bond acceptors (Lipinski definition) is 5. The number of carboxylic acids is 1. The number of rotatable bonds is 12. The van der Waals surface area contributed by atoms with Gasteiger partial charge in [-0.05, 0) is 49.2 Å². The number of aliphatic carboxylic acids is 1. The maximum atomic E-state index is 13.6. The number of hydrogen-bond donors (Lipinski definition) is 1. The van der Waals surface area contributed by atoms with E-state index in [1.54, 1.807) is 62.4 Å². The predicted octanol–water partition coefficient (Wildman–Crippen LogP) is 4.81. The molecular formula is C25H28O6. The number of ether oxygens (including phenoxy) is 3. The molecule has 0 saturated heterocycles. The van der Waals surface area contributed by atoms with Gasteiger partial charge in [-0.2, -0.15) is 0 Å². The summed E-state index contributed by atoms with van der Waals surface area (Å²) >= 11 is 0. The summed E-state index contributed by atoms with van der Waals surface area (Å²) in [5.74, 6) is -0.168. The van der Waals surface area contributed by atoms with Crippen molar-refractivity contribution in [1.82, 2.24) is 0 Å². The molecule has 31 heavy (non-hydrogen) atoms. The summed E-state index contributed by atoms with van der Waals surface area (Å²) in [5.41, 5.74) is -0.445. The Morgan fingerprint density at radius 2 is 1.65 bits per heavy atom. The van der Waals surface area contributed by atoms with Gasteiger partial charge < -0.3 is 19.3 Å². The standard InChI is InChI=1S/C25H28O6/c1-6-13-30-19-15-20(25(4,8-3)24(27)28)22(21(16-19)31-14-7-2)23(26)17-9-11-18(29-5)12-10-17/h6-7,9-12,15-16H,1-2,8,13-14H2,3-5H3,(H,27,28). The fraction of sp³-hybridized carbons (Fsp3) is 0.280. The third-order valence-corrected chi connectivity index (χ3v) is 5.15. The quantitative estimate of drug-likeness (QED) is 0.389. The van der Waals surface area contributed by atoms with Gasteiger partial charge in [0.25, 0.3) is 0 Å². The fourth-order valence-corrected chi connectivity index (χ4v) is 3.10. The molecule has 0 radical (unpaired) electrons. The van der Waals surface area contributed by atoms with E-state index in [1.165, 1.54) is 7.11 Å². The molecule has 6 heteroatoms. The molecule has 1 N–H and O–H groups in total. The van der Waals surface area contributed by atoms with Crippen LogP contribution in [0.5, 0.6) is 17.2 Å². The maximum absolute atomic E-state index is 13.6. The van der Waals surface area contributed by atoms with Crippen LogP contribution in [0.25, 0.3) is 0 Å². The summed E-state index contributed by atoms with van der Waals surface area (Å²) in [6.45, 7) is 11.0. The summed E-state index contributed by atoms with van der Waals surface area (Å²) in [6.07, 6.45) is 3.39. The molecule has 0 fully saturated rings. The van der Waals surface area contributed by atoms with E-state index >= 15 is 0 Å². The van der Waals surface area contributed by atoms with Crippen LogP contribution in [-0.4, -0.2) is 37.2 Å². The van der Waals surface area contributed by atoms with E-state index in [0.717, 1.165) is 0 Å². The van der Waals surface area contributed by atoms with Crippen LogP contribution >= 0.6 is 0 Å². The molecule has 0 bridgehead atoms. The summed E-state index contributed by atoms with van der Waals surface area (Å²) in [5, 5.41) is 10.0. The smallest absolute Gasteiger partial charge is 0.313 e. The molecule has 6 nitrogen and oxygen atoms in total. The topological polar surface area (TPSA) is 82.1 Å². The average molecular weight is 424 g/mol. The van der Waals surface area contributed by atoms with Crippen molar-refractivity contribution in [2.45, 2.75) is 25.7 Å². The first-order valence-electron chi connectivity index (χ1n) is 9.90. The van der Waals surface area contributed by atoms with E-state index in [4.69, 9.17) is 14.2 Å². The Bertz CT molecular complexity index is 961. The van der Waals surface area contributed by atoms with E-state index in [-0.39, 0.29) is 36.7 Å². The van der Waals surface area contributed by atoms with E-state index in [2.05, 4.69) is 13.2 Å². The van der Waals surface area contributed by atoms with Gasteiger partial charge in [0, 0.05) is 11.6 Å². The highest BCUT2D eigenvalue weighted by Crippen LogP contribution is 2.40. The third-order valence-electron chi connectivity index (χ3n) is 5.15. The summed E-state index contributed by atoms with van der Waals surface area (Å²) in [4.78, 5) is 25.8. The maximum Gasteiger partial charge on any atom is 0.313 e. The van der Waals surface area contributed by atoms with Crippen LogP contribution in [0.1, 0.15) is 41.8 Å². The first-order chi connectivity index (χ1) is 14.8. The molecule has 0 saturated carbocycles. The SMILES string of the molecule is C=CCOc1cc(OCC=C)c(C(=O)c2ccc(OC)cc2)c(C(C)(CC)C(=O)O)c1. The molecule has 2 aromatic rings. The highest BCUT2D eigenvalue weighted by Gasteiger charge is 2.39. The molecule has 2 aromatic carbocycles. The van der Waals surface area contributed by atoms with Gasteiger partial charge in [0.05, 0.1) is 18.1 Å². The monoisotopic (exact) mass is 424 g/mol. The minimum atomic E-state index is -1.34. The Morgan fingerprint density at radius 3 is 2.16 bits per heavy atom. The molecule has 0 aliphatic rings. The van der Waals surface area contributed by atoms with E-state index in [1.807, 2.05) is 0 Å². The first-order valence-corrected chi connectivity index (χ1v) is 9.90. The van der Waals surface area contributed by atoms with Crippen molar-refractivity contribution in [3.63, 3.8) is 0 Å². The lowest BCUT2D eigenvalue weighted by atomic mass is 9.76. The number of ketones is 1. The summed E-state index contributed by atoms with van der Waals surface area (Å²) < 4.78 is 16.6. The zero-order valence-corrected chi connectivity index (χ0v) is 18.1. The lowest BCUT2D eigenvalue weighted by Gasteiger charge is -2.28. The average Bonchev–Trinajstić information content (AvgIpc) is 2.79. The molecular weight excluding hydrogens is 396 g/mol. The van der Waals surface area contributed by atoms with Crippen LogP contribution in [0.3, 0.4) is 0 Å². The highest BCUT2D eigenvalue weighted by atomic mass is 16.5. The largest absolute Gasteiger partial charge is 0.497 e. The fourth-order valence-electron chi connectivity index (χ4n) is 3.10. The van der Waals surface area contributed by atoms with Gasteiger partial charge in [-0.15, -0.1) is 0 Å². The zero-order chi connectivity index (χ0) is 23.0. The zero-order valence-electron chi connectivity index (χ0n) is 18.1. The summed E-state index contributed by atoms with van der Waals surface area (Å²) in [7, 11) is 1.54. The van der Waals surface area contributed by atoms with Gasteiger partial charge >= 0.3 is 5.97 Å². The number of carbonyl (C=O) groups excluding carboxylic acids is 1. The van der Waals surface area contributed by atoms with Crippen molar-refractivity contribution >= 4 is 11.8 Å². The lowest BCUT2D eigenvalue weighted by molar-refractivity contribution is -0.143. The van der Waals surface area contributed by atoms with Gasteiger partial charge in [-0.3, -0.25) is 9.59 Å². The molecule has 0 spiro atoms. The Balaban J connectivity index is 2.78. The molecule has 0 aromatic heterocycles. The molecule has 164 valence electrons. The van der Waals surface area contributed by atoms with Crippen molar-refractivity contribution in [2.24, 2.45) is 0 Å². The Hall–Kier alpha value is -3.54. The van der Waals surface area contributed by atoms with E-state index in [0.29, 0.717) is 22.6 Å². The molecule has 0 aliphatic heterocycles. The molecule has 2 rings (SSSR count). The predicted molar refractivity (Wildman–Crippen MR) is 120 cm³/mol. The van der Waals surface area contributed by atoms with Crippen molar-refractivity contribution < 1.29 is 28.9 Å². The second-order valence-electron chi connectivity index (χ2n) is 7.09. The van der Waals surface area contributed by atoms with Crippen LogP contribution in [-0.2, 0) is 10.2 Å². The summed E-state index contributed by atoms with van der Waals surface area (Å²) in [6, 6.07) is 9.80. The van der Waals surface area contributed by atoms with Gasteiger partial charge in [0.2, 0.25) is 0 Å². The van der Waals surface area contributed by atoms with Crippen LogP contribution in [0.15, 0.2) is 61.7 Å². The van der Waals surface area contributed by atoms with Gasteiger partial charge in [0.15, 0.2) is 5.78 Å². The van der Waals surface area contributed by atoms with Gasteiger partial charge in [0.1, 0.15) is 30.5 Å². The second kappa shape index (κ2) is 10.5. The minimum Gasteiger partial charge on any atom is -0.497 e. The number of carboxylic acid groups (broad SMARTS) is 1. The van der Waals surface area contributed by atoms with Crippen molar-refractivity contribution in [3.8, 4) is 17.2 Å². The Labute approximate surface area is 182 Å². The first kappa shape index (κ1) is 23.7. The molecule has 0 amide bonds. The third kappa shape index (κ3) is 5.15. The van der Waals surface area contributed by atoms with E-state index < -0.39 is 11.4 Å². The van der Waals surface area contributed by atoms with Gasteiger partial charge in [-0.25, -0.2) is 0 Å². The highest BCUT2D eigenvalue weighted by molar-refractivity contribution is 6.13. The van der Waals surface area contributed by atoms with Crippen LogP contribution < -0.4 is 14.2 Å². The molecule has 1 unspecified atom stereocenters. The lowest BCUT2D eigenvalue weighted by Crippen LogP contribution is -2.34. The number of methoxy groups -OCH3 is 1. The van der Waals surface area contributed by atoms with Gasteiger partial charge in [-0.1, -0.05) is 32.2 Å². The Kier molecular flexibility index (Phi) is 8.02.